The van der Waals surface area contributed by atoms with E-state index in [4.69, 9.17) is 15.2 Å². The monoisotopic (exact) mass is 355 g/mol. The lowest BCUT2D eigenvalue weighted by molar-refractivity contribution is -0.138. The molecule has 0 saturated carbocycles. The van der Waals surface area contributed by atoms with Crippen molar-refractivity contribution in [2.75, 3.05) is 32.5 Å². The van der Waals surface area contributed by atoms with E-state index in [1.807, 2.05) is 41.3 Å². The first-order valence-corrected chi connectivity index (χ1v) is 8.87. The molecule has 3 rings (SSSR count). The van der Waals surface area contributed by atoms with Crippen LogP contribution in [0.2, 0.25) is 0 Å². The second kappa shape index (κ2) is 8.67. The van der Waals surface area contributed by atoms with Crippen molar-refractivity contribution in [3.63, 3.8) is 0 Å². The number of hydrogen-bond donors (Lipinski definition) is 1. The first kappa shape index (κ1) is 18.2. The number of carbonyl (C=O) groups excluding carboxylic acids is 1. The van der Waals surface area contributed by atoms with Crippen LogP contribution >= 0.6 is 0 Å². The number of nitrogens with zero attached hydrogens (tertiary/aromatic N) is 2. The number of carbonyl (C=O) groups is 1. The third kappa shape index (κ3) is 4.95. The Balaban J connectivity index is 1.51. The van der Waals surface area contributed by atoms with Crippen LogP contribution in [-0.2, 0) is 22.4 Å². The normalized spacial score (nSPS) is 17.1. The fraction of sp³-hybridized carbons (Fsp3) is 0.400. The van der Waals surface area contributed by atoms with E-state index in [0.29, 0.717) is 31.9 Å². The first-order chi connectivity index (χ1) is 12.6. The summed E-state index contributed by atoms with van der Waals surface area (Å²) in [4.78, 5) is 18.5. The van der Waals surface area contributed by atoms with Gasteiger partial charge in [-0.2, -0.15) is 0 Å². The third-order valence-corrected chi connectivity index (χ3v) is 4.61. The van der Waals surface area contributed by atoms with Crippen molar-refractivity contribution in [3.8, 4) is 5.75 Å². The molecular weight excluding hydrogens is 330 g/mol. The number of amides is 1. The largest absolute Gasteiger partial charge is 0.497 e. The van der Waals surface area contributed by atoms with Gasteiger partial charge in [-0.05, 0) is 48.2 Å². The Kier molecular flexibility index (Phi) is 6.07. The van der Waals surface area contributed by atoms with Crippen molar-refractivity contribution >= 4 is 11.7 Å². The summed E-state index contributed by atoms with van der Waals surface area (Å²) < 4.78 is 11.0. The Morgan fingerprint density at radius 2 is 2.12 bits per heavy atom. The fourth-order valence-electron chi connectivity index (χ4n) is 3.13. The molecule has 2 N–H and O–H groups in total. The van der Waals surface area contributed by atoms with Gasteiger partial charge in [-0.3, -0.25) is 4.79 Å². The van der Waals surface area contributed by atoms with E-state index in [0.717, 1.165) is 29.7 Å². The molecule has 26 heavy (non-hydrogen) atoms. The lowest BCUT2D eigenvalue weighted by Crippen LogP contribution is -2.46. The van der Waals surface area contributed by atoms with E-state index >= 15 is 0 Å². The molecule has 1 aromatic heterocycles. The van der Waals surface area contributed by atoms with Crippen LogP contribution in [0.1, 0.15) is 17.5 Å². The molecule has 1 amide bonds. The number of rotatable bonds is 6. The van der Waals surface area contributed by atoms with E-state index in [1.54, 1.807) is 13.3 Å². The van der Waals surface area contributed by atoms with Gasteiger partial charge in [-0.1, -0.05) is 12.1 Å². The molecule has 1 aliphatic rings. The van der Waals surface area contributed by atoms with Crippen molar-refractivity contribution in [3.05, 3.63) is 53.7 Å². The SMILES string of the molecule is COc1ccc(CC(=O)N2CCO[C@H](CCc3ccnc(N)c3)C2)cc1. The van der Waals surface area contributed by atoms with Crippen LogP contribution in [-0.4, -0.2) is 48.7 Å². The average Bonchev–Trinajstić information content (AvgIpc) is 2.67. The lowest BCUT2D eigenvalue weighted by Gasteiger charge is -2.33. The predicted molar refractivity (Wildman–Crippen MR) is 100.0 cm³/mol. The molecule has 2 aromatic rings. The van der Waals surface area contributed by atoms with Crippen LogP contribution in [0.4, 0.5) is 5.82 Å². The van der Waals surface area contributed by atoms with E-state index in [1.165, 1.54) is 0 Å². The van der Waals surface area contributed by atoms with Crippen LogP contribution < -0.4 is 10.5 Å². The number of morpholine rings is 1. The van der Waals surface area contributed by atoms with E-state index in [9.17, 15) is 4.79 Å². The molecule has 0 aliphatic carbocycles. The smallest absolute Gasteiger partial charge is 0.227 e. The maximum Gasteiger partial charge on any atom is 0.227 e. The van der Waals surface area contributed by atoms with Crippen molar-refractivity contribution < 1.29 is 14.3 Å². The van der Waals surface area contributed by atoms with Crippen molar-refractivity contribution in [2.24, 2.45) is 0 Å². The van der Waals surface area contributed by atoms with Crippen molar-refractivity contribution in [1.82, 2.24) is 9.88 Å². The molecule has 0 bridgehead atoms. The lowest BCUT2D eigenvalue weighted by atomic mass is 10.1. The molecular formula is C20H25N3O3. The predicted octanol–water partition coefficient (Wildman–Crippen LogP) is 2.08. The maximum atomic E-state index is 12.6. The molecule has 1 aliphatic heterocycles. The van der Waals surface area contributed by atoms with Gasteiger partial charge in [-0.25, -0.2) is 4.98 Å². The number of aryl methyl sites for hydroxylation is 1. The molecule has 0 spiro atoms. The van der Waals surface area contributed by atoms with E-state index < -0.39 is 0 Å². The van der Waals surface area contributed by atoms with Gasteiger partial charge in [0.2, 0.25) is 5.91 Å². The Labute approximate surface area is 153 Å². The van der Waals surface area contributed by atoms with Gasteiger partial charge >= 0.3 is 0 Å². The number of benzene rings is 1. The zero-order valence-electron chi connectivity index (χ0n) is 15.1. The second-order valence-electron chi connectivity index (χ2n) is 6.49. The molecule has 1 saturated heterocycles. The Bertz CT molecular complexity index is 733. The highest BCUT2D eigenvalue weighted by Gasteiger charge is 2.24. The standard InChI is InChI=1S/C20H25N3O3/c1-25-17-5-2-15(3-6-17)13-20(24)23-10-11-26-18(14-23)7-4-16-8-9-22-19(21)12-16/h2-3,5-6,8-9,12,18H,4,7,10-11,13-14H2,1H3,(H2,21,22)/t18-/m1/s1. The summed E-state index contributed by atoms with van der Waals surface area (Å²) in [6, 6.07) is 11.5. The van der Waals surface area contributed by atoms with Crippen molar-refractivity contribution in [2.45, 2.75) is 25.4 Å². The van der Waals surface area contributed by atoms with Gasteiger partial charge in [-0.15, -0.1) is 0 Å². The number of aromatic nitrogens is 1. The van der Waals surface area contributed by atoms with E-state index in [2.05, 4.69) is 4.98 Å². The zero-order valence-corrected chi connectivity index (χ0v) is 15.1. The summed E-state index contributed by atoms with van der Waals surface area (Å²) in [5.41, 5.74) is 7.85. The number of nitrogens with two attached hydrogens (primary N) is 1. The van der Waals surface area contributed by atoms with Crippen LogP contribution in [0, 0.1) is 0 Å². The van der Waals surface area contributed by atoms with Crippen LogP contribution in [0.3, 0.4) is 0 Å². The quantitative estimate of drug-likeness (QED) is 0.858. The number of nitrogen functional groups attached to an aromatic ring is 1. The highest BCUT2D eigenvalue weighted by atomic mass is 16.5. The minimum absolute atomic E-state index is 0.0537. The van der Waals surface area contributed by atoms with Gasteiger partial charge in [0.15, 0.2) is 0 Å². The highest BCUT2D eigenvalue weighted by Crippen LogP contribution is 2.16. The molecule has 138 valence electrons. The molecule has 0 unspecified atom stereocenters. The highest BCUT2D eigenvalue weighted by molar-refractivity contribution is 5.79. The molecule has 0 radical (unpaired) electrons. The minimum Gasteiger partial charge on any atom is -0.497 e. The Morgan fingerprint density at radius 3 is 2.85 bits per heavy atom. The second-order valence-corrected chi connectivity index (χ2v) is 6.49. The summed E-state index contributed by atoms with van der Waals surface area (Å²) in [6.07, 6.45) is 3.89. The fourth-order valence-corrected chi connectivity index (χ4v) is 3.13. The molecule has 6 nitrogen and oxygen atoms in total. The van der Waals surface area contributed by atoms with Gasteiger partial charge in [0, 0.05) is 19.3 Å². The summed E-state index contributed by atoms with van der Waals surface area (Å²) >= 11 is 0. The number of anilines is 1. The number of pyridine rings is 1. The van der Waals surface area contributed by atoms with Gasteiger partial charge in [0.25, 0.3) is 0 Å². The third-order valence-electron chi connectivity index (χ3n) is 4.61. The van der Waals surface area contributed by atoms with Crippen LogP contribution in [0.15, 0.2) is 42.6 Å². The summed E-state index contributed by atoms with van der Waals surface area (Å²) in [5, 5.41) is 0. The molecule has 6 heteroatoms. The maximum absolute atomic E-state index is 12.6. The summed E-state index contributed by atoms with van der Waals surface area (Å²) in [7, 11) is 1.63. The van der Waals surface area contributed by atoms with Crippen molar-refractivity contribution in [1.29, 1.82) is 0 Å². The van der Waals surface area contributed by atoms with Gasteiger partial charge < -0.3 is 20.1 Å². The molecule has 1 fully saturated rings. The number of methoxy groups -OCH3 is 1. The molecule has 2 heterocycles. The van der Waals surface area contributed by atoms with Gasteiger partial charge in [0.1, 0.15) is 11.6 Å². The number of ether oxygens (including phenoxy) is 2. The molecule has 1 atom stereocenters. The van der Waals surface area contributed by atoms with Gasteiger partial charge in [0.05, 0.1) is 26.2 Å². The Hall–Kier alpha value is -2.60. The summed E-state index contributed by atoms with van der Waals surface area (Å²) in [5.74, 6) is 1.46. The topological polar surface area (TPSA) is 77.7 Å². The average molecular weight is 355 g/mol. The number of hydrogen-bond acceptors (Lipinski definition) is 5. The summed E-state index contributed by atoms with van der Waals surface area (Å²) in [6.45, 7) is 1.86. The Morgan fingerprint density at radius 1 is 1.31 bits per heavy atom. The van der Waals surface area contributed by atoms with E-state index in [-0.39, 0.29) is 12.0 Å². The minimum atomic E-state index is 0.0537. The van der Waals surface area contributed by atoms with Crippen LogP contribution in [0.5, 0.6) is 5.75 Å². The zero-order chi connectivity index (χ0) is 18.4. The first-order valence-electron chi connectivity index (χ1n) is 8.87. The molecule has 1 aromatic carbocycles. The van der Waals surface area contributed by atoms with Crippen LogP contribution in [0.25, 0.3) is 0 Å².